The molecule has 1 N–H and O–H groups in total. The number of halogens is 2. The second-order valence-electron chi connectivity index (χ2n) is 4.55. The topological polar surface area (TPSA) is 60.2 Å². The molecule has 3 rings (SSSR count). The maximum atomic E-state index is 5.98. The number of morpholine rings is 1. The Labute approximate surface area is 126 Å². The van der Waals surface area contributed by atoms with Gasteiger partial charge >= 0.3 is 0 Å². The summed E-state index contributed by atoms with van der Waals surface area (Å²) in [5, 5.41) is 8.32. The third-order valence-corrected chi connectivity index (χ3v) is 3.80. The molecule has 5 nitrogen and oxygen atoms in total. The molecule has 1 aliphatic heterocycles. The summed E-state index contributed by atoms with van der Waals surface area (Å²) in [6.45, 7) is 2.07. The SMILES string of the molecule is Clc1ccc(Cc2nc(C3COCCN3)no2)cc1Cl. The van der Waals surface area contributed by atoms with E-state index in [4.69, 9.17) is 32.5 Å². The monoisotopic (exact) mass is 313 g/mol. The van der Waals surface area contributed by atoms with E-state index < -0.39 is 0 Å². The highest BCUT2D eigenvalue weighted by Crippen LogP contribution is 2.24. The van der Waals surface area contributed by atoms with E-state index in [2.05, 4.69) is 15.5 Å². The molecule has 1 aromatic carbocycles. The quantitative estimate of drug-likeness (QED) is 0.944. The van der Waals surface area contributed by atoms with Crippen molar-refractivity contribution in [3.8, 4) is 0 Å². The number of benzene rings is 1. The number of aromatic nitrogens is 2. The van der Waals surface area contributed by atoms with Crippen LogP contribution in [0.15, 0.2) is 22.7 Å². The van der Waals surface area contributed by atoms with E-state index in [9.17, 15) is 0 Å². The van der Waals surface area contributed by atoms with Crippen LogP contribution in [0.3, 0.4) is 0 Å². The van der Waals surface area contributed by atoms with Gasteiger partial charge in [-0.15, -0.1) is 0 Å². The molecule has 1 fully saturated rings. The third kappa shape index (κ3) is 3.12. The van der Waals surface area contributed by atoms with E-state index >= 15 is 0 Å². The van der Waals surface area contributed by atoms with Gasteiger partial charge in [0.2, 0.25) is 5.89 Å². The van der Waals surface area contributed by atoms with Gasteiger partial charge in [-0.2, -0.15) is 4.98 Å². The Morgan fingerprint density at radius 3 is 2.95 bits per heavy atom. The smallest absolute Gasteiger partial charge is 0.231 e. The van der Waals surface area contributed by atoms with Crippen LogP contribution >= 0.6 is 23.2 Å². The Morgan fingerprint density at radius 2 is 2.20 bits per heavy atom. The van der Waals surface area contributed by atoms with E-state index in [-0.39, 0.29) is 6.04 Å². The summed E-state index contributed by atoms with van der Waals surface area (Å²) < 4.78 is 10.6. The van der Waals surface area contributed by atoms with Gasteiger partial charge in [-0.3, -0.25) is 0 Å². The molecule has 20 heavy (non-hydrogen) atoms. The maximum Gasteiger partial charge on any atom is 0.231 e. The predicted octanol–water partition coefficient (Wildman–Crippen LogP) is 2.63. The highest BCUT2D eigenvalue weighted by molar-refractivity contribution is 6.42. The molecule has 1 unspecified atom stereocenters. The van der Waals surface area contributed by atoms with Gasteiger partial charge in [0.05, 0.1) is 35.7 Å². The summed E-state index contributed by atoms with van der Waals surface area (Å²) >= 11 is 11.9. The van der Waals surface area contributed by atoms with Crippen molar-refractivity contribution in [3.63, 3.8) is 0 Å². The van der Waals surface area contributed by atoms with Gasteiger partial charge in [-0.25, -0.2) is 0 Å². The molecule has 1 saturated heterocycles. The molecule has 2 aromatic rings. The first-order valence-electron chi connectivity index (χ1n) is 6.30. The fraction of sp³-hybridized carbons (Fsp3) is 0.385. The summed E-state index contributed by atoms with van der Waals surface area (Å²) in [6, 6.07) is 5.44. The Bertz CT molecular complexity index is 597. The average molecular weight is 314 g/mol. The number of rotatable bonds is 3. The molecule has 0 spiro atoms. The minimum atomic E-state index is -0.00458. The van der Waals surface area contributed by atoms with Gasteiger partial charge in [0.1, 0.15) is 0 Å². The van der Waals surface area contributed by atoms with Gasteiger partial charge in [0.25, 0.3) is 0 Å². The minimum absolute atomic E-state index is 0.00458. The molecule has 0 radical (unpaired) electrons. The van der Waals surface area contributed by atoms with Crippen LogP contribution in [0.2, 0.25) is 10.0 Å². The number of nitrogens with zero attached hydrogens (tertiary/aromatic N) is 2. The summed E-state index contributed by atoms with van der Waals surface area (Å²) in [6.07, 6.45) is 0.525. The van der Waals surface area contributed by atoms with Crippen LogP contribution in [0.4, 0.5) is 0 Å². The summed E-state index contributed by atoms with van der Waals surface area (Å²) in [5.74, 6) is 1.17. The summed E-state index contributed by atoms with van der Waals surface area (Å²) in [7, 11) is 0. The first kappa shape index (κ1) is 13.8. The predicted molar refractivity (Wildman–Crippen MR) is 75.1 cm³/mol. The highest BCUT2D eigenvalue weighted by Gasteiger charge is 2.21. The largest absolute Gasteiger partial charge is 0.378 e. The highest BCUT2D eigenvalue weighted by atomic mass is 35.5. The normalized spacial score (nSPS) is 19.2. The molecule has 0 saturated carbocycles. The molecule has 7 heteroatoms. The van der Waals surface area contributed by atoms with Crippen molar-refractivity contribution in [2.75, 3.05) is 19.8 Å². The molecule has 0 aliphatic carbocycles. The zero-order valence-corrected chi connectivity index (χ0v) is 12.1. The number of nitrogens with one attached hydrogen (secondary N) is 1. The fourth-order valence-electron chi connectivity index (χ4n) is 2.04. The van der Waals surface area contributed by atoms with Gasteiger partial charge in [0, 0.05) is 6.54 Å². The molecule has 2 heterocycles. The van der Waals surface area contributed by atoms with Crippen molar-refractivity contribution in [3.05, 3.63) is 45.5 Å². The van der Waals surface area contributed by atoms with Crippen LogP contribution in [0, 0.1) is 0 Å². The standard InChI is InChI=1S/C13H13Cl2N3O2/c14-9-2-1-8(5-10(9)15)6-12-17-13(18-20-12)11-7-19-4-3-16-11/h1-2,5,11,16H,3-4,6-7H2. The molecular formula is C13H13Cl2N3O2. The average Bonchev–Trinajstić information content (AvgIpc) is 2.92. The first-order valence-corrected chi connectivity index (χ1v) is 7.05. The van der Waals surface area contributed by atoms with Crippen molar-refractivity contribution in [2.45, 2.75) is 12.5 Å². The van der Waals surface area contributed by atoms with Crippen molar-refractivity contribution in [2.24, 2.45) is 0 Å². The van der Waals surface area contributed by atoms with Gasteiger partial charge in [0.15, 0.2) is 5.82 Å². The number of hydrogen-bond acceptors (Lipinski definition) is 5. The lowest BCUT2D eigenvalue weighted by molar-refractivity contribution is 0.0734. The maximum absolute atomic E-state index is 5.98. The van der Waals surface area contributed by atoms with Crippen LogP contribution in [-0.4, -0.2) is 29.9 Å². The zero-order chi connectivity index (χ0) is 13.9. The van der Waals surface area contributed by atoms with Crippen LogP contribution < -0.4 is 5.32 Å². The van der Waals surface area contributed by atoms with Gasteiger partial charge in [-0.05, 0) is 17.7 Å². The lowest BCUT2D eigenvalue weighted by atomic mass is 10.1. The van der Waals surface area contributed by atoms with Crippen molar-refractivity contribution >= 4 is 23.2 Å². The van der Waals surface area contributed by atoms with Crippen LogP contribution in [0.5, 0.6) is 0 Å². The minimum Gasteiger partial charge on any atom is -0.378 e. The van der Waals surface area contributed by atoms with E-state index in [1.54, 1.807) is 12.1 Å². The third-order valence-electron chi connectivity index (χ3n) is 3.06. The second-order valence-corrected chi connectivity index (χ2v) is 5.37. The molecule has 1 aliphatic rings. The van der Waals surface area contributed by atoms with Crippen molar-refractivity contribution in [1.82, 2.24) is 15.5 Å². The van der Waals surface area contributed by atoms with E-state index in [0.717, 1.165) is 12.1 Å². The molecule has 0 bridgehead atoms. The second kappa shape index (κ2) is 6.10. The number of ether oxygens (including phenoxy) is 1. The fourth-order valence-corrected chi connectivity index (χ4v) is 2.36. The van der Waals surface area contributed by atoms with E-state index in [1.807, 2.05) is 6.07 Å². The van der Waals surface area contributed by atoms with Crippen molar-refractivity contribution < 1.29 is 9.26 Å². The molecule has 106 valence electrons. The first-order chi connectivity index (χ1) is 9.72. The van der Waals surface area contributed by atoms with E-state index in [1.165, 1.54) is 0 Å². The summed E-state index contributed by atoms with van der Waals surface area (Å²) in [5.41, 5.74) is 0.974. The van der Waals surface area contributed by atoms with Crippen LogP contribution in [0.1, 0.15) is 23.3 Å². The molecule has 1 aromatic heterocycles. The number of hydrogen-bond donors (Lipinski definition) is 1. The van der Waals surface area contributed by atoms with Crippen molar-refractivity contribution in [1.29, 1.82) is 0 Å². The Kier molecular flexibility index (Phi) is 4.21. The Morgan fingerprint density at radius 1 is 1.30 bits per heavy atom. The Balaban J connectivity index is 1.71. The lowest BCUT2D eigenvalue weighted by Crippen LogP contribution is -2.35. The van der Waals surface area contributed by atoms with Gasteiger partial charge in [-0.1, -0.05) is 34.4 Å². The Hall–Kier alpha value is -1.14. The van der Waals surface area contributed by atoms with Crippen LogP contribution in [0.25, 0.3) is 0 Å². The van der Waals surface area contributed by atoms with E-state index in [0.29, 0.717) is 41.4 Å². The van der Waals surface area contributed by atoms with Crippen LogP contribution in [-0.2, 0) is 11.2 Å². The molecule has 0 amide bonds. The zero-order valence-electron chi connectivity index (χ0n) is 10.6. The molecule has 1 atom stereocenters. The lowest BCUT2D eigenvalue weighted by Gasteiger charge is -2.20. The summed E-state index contributed by atoms with van der Waals surface area (Å²) in [4.78, 5) is 4.38. The molecular weight excluding hydrogens is 301 g/mol. The van der Waals surface area contributed by atoms with Gasteiger partial charge < -0.3 is 14.6 Å².